The molecule has 3 unspecified atom stereocenters. The molecule has 1 heterocycles. The highest BCUT2D eigenvalue weighted by atomic mass is 15.3. The second-order valence-corrected chi connectivity index (χ2v) is 5.87. The summed E-state index contributed by atoms with van der Waals surface area (Å²) < 4.78 is 0. The molecule has 3 fully saturated rings. The summed E-state index contributed by atoms with van der Waals surface area (Å²) in [4.78, 5) is 2.74. The van der Waals surface area contributed by atoms with Gasteiger partial charge in [-0.1, -0.05) is 6.92 Å². The van der Waals surface area contributed by atoms with Gasteiger partial charge in [-0.3, -0.25) is 4.90 Å². The zero-order valence-corrected chi connectivity index (χ0v) is 9.42. The highest BCUT2D eigenvalue weighted by Gasteiger charge is 2.47. The molecule has 2 aliphatic carbocycles. The van der Waals surface area contributed by atoms with Crippen LogP contribution < -0.4 is 5.32 Å². The van der Waals surface area contributed by atoms with Crippen LogP contribution in [-0.4, -0.2) is 36.1 Å². The van der Waals surface area contributed by atoms with Gasteiger partial charge in [0.2, 0.25) is 0 Å². The summed E-state index contributed by atoms with van der Waals surface area (Å²) in [5.41, 5.74) is 0.445. The summed E-state index contributed by atoms with van der Waals surface area (Å²) in [7, 11) is 0. The Labute approximate surface area is 87.0 Å². The van der Waals surface area contributed by atoms with E-state index in [1.807, 2.05) is 0 Å². The Bertz CT molecular complexity index is 236. The molecular weight excluding hydrogens is 172 g/mol. The Balaban J connectivity index is 1.65. The molecule has 1 saturated heterocycles. The zero-order valence-electron chi connectivity index (χ0n) is 9.42. The third-order valence-electron chi connectivity index (χ3n) is 4.47. The lowest BCUT2D eigenvalue weighted by molar-refractivity contribution is 0.117. The second kappa shape index (κ2) is 2.96. The van der Waals surface area contributed by atoms with Gasteiger partial charge in [0.1, 0.15) is 0 Å². The maximum Gasteiger partial charge on any atom is 0.0309 e. The standard InChI is InChI=1S/C12H22N2/c1-9-7-11(9)14-6-5-13-12(2,8-14)10-3-4-10/h9-11,13H,3-8H2,1-2H3. The molecule has 80 valence electrons. The SMILES string of the molecule is CC1CC1N1CCNC(C)(C2CC2)C1. The van der Waals surface area contributed by atoms with E-state index in [0.29, 0.717) is 5.54 Å². The van der Waals surface area contributed by atoms with Crippen LogP contribution in [0.4, 0.5) is 0 Å². The van der Waals surface area contributed by atoms with Crippen molar-refractivity contribution in [1.82, 2.24) is 10.2 Å². The van der Waals surface area contributed by atoms with Gasteiger partial charge in [0.15, 0.2) is 0 Å². The first-order valence-corrected chi connectivity index (χ1v) is 6.18. The predicted octanol–water partition coefficient (Wildman–Crippen LogP) is 1.47. The fourth-order valence-corrected chi connectivity index (χ4v) is 3.13. The first-order chi connectivity index (χ1) is 6.69. The van der Waals surface area contributed by atoms with Crippen LogP contribution in [0.1, 0.15) is 33.1 Å². The Morgan fingerprint density at radius 1 is 1.36 bits per heavy atom. The zero-order chi connectivity index (χ0) is 9.76. The van der Waals surface area contributed by atoms with Gasteiger partial charge in [-0.25, -0.2) is 0 Å². The molecule has 0 spiro atoms. The number of hydrogen-bond acceptors (Lipinski definition) is 2. The van der Waals surface area contributed by atoms with Crippen molar-refractivity contribution in [3.8, 4) is 0 Å². The Hall–Kier alpha value is -0.0800. The van der Waals surface area contributed by atoms with E-state index >= 15 is 0 Å². The second-order valence-electron chi connectivity index (χ2n) is 5.87. The predicted molar refractivity (Wildman–Crippen MR) is 58.3 cm³/mol. The summed E-state index contributed by atoms with van der Waals surface area (Å²) in [5.74, 6) is 1.94. The number of rotatable bonds is 2. The molecule has 0 aromatic carbocycles. The Kier molecular flexibility index (Phi) is 1.94. The summed E-state index contributed by atoms with van der Waals surface area (Å²) in [6.45, 7) is 8.60. The lowest BCUT2D eigenvalue weighted by Gasteiger charge is -2.42. The molecule has 3 atom stereocenters. The van der Waals surface area contributed by atoms with Crippen LogP contribution >= 0.6 is 0 Å². The topological polar surface area (TPSA) is 15.3 Å². The van der Waals surface area contributed by atoms with Crippen LogP contribution in [-0.2, 0) is 0 Å². The molecule has 3 rings (SSSR count). The van der Waals surface area contributed by atoms with E-state index in [1.54, 1.807) is 0 Å². The molecule has 2 saturated carbocycles. The van der Waals surface area contributed by atoms with Gasteiger partial charge in [0, 0.05) is 31.2 Å². The molecule has 1 N–H and O–H groups in total. The van der Waals surface area contributed by atoms with Gasteiger partial charge in [-0.15, -0.1) is 0 Å². The van der Waals surface area contributed by atoms with Crippen LogP contribution in [0.15, 0.2) is 0 Å². The molecule has 14 heavy (non-hydrogen) atoms. The van der Waals surface area contributed by atoms with Crippen LogP contribution in [0.5, 0.6) is 0 Å². The van der Waals surface area contributed by atoms with E-state index in [2.05, 4.69) is 24.1 Å². The Morgan fingerprint density at radius 2 is 2.07 bits per heavy atom. The number of nitrogens with one attached hydrogen (secondary N) is 1. The van der Waals surface area contributed by atoms with Crippen LogP contribution in [0, 0.1) is 11.8 Å². The number of nitrogens with zero attached hydrogens (tertiary/aromatic N) is 1. The lowest BCUT2D eigenvalue weighted by atomic mass is 9.93. The van der Waals surface area contributed by atoms with Gasteiger partial charge in [0.25, 0.3) is 0 Å². The van der Waals surface area contributed by atoms with Crippen molar-refractivity contribution in [2.75, 3.05) is 19.6 Å². The van der Waals surface area contributed by atoms with E-state index in [-0.39, 0.29) is 0 Å². The summed E-state index contributed by atoms with van der Waals surface area (Å²) >= 11 is 0. The van der Waals surface area contributed by atoms with Crippen molar-refractivity contribution in [1.29, 1.82) is 0 Å². The maximum absolute atomic E-state index is 3.74. The van der Waals surface area contributed by atoms with Crippen molar-refractivity contribution >= 4 is 0 Å². The third kappa shape index (κ3) is 1.49. The average Bonchev–Trinajstić information content (AvgIpc) is 2.97. The largest absolute Gasteiger partial charge is 0.309 e. The van der Waals surface area contributed by atoms with Crippen molar-refractivity contribution in [3.05, 3.63) is 0 Å². The van der Waals surface area contributed by atoms with Crippen molar-refractivity contribution < 1.29 is 0 Å². The van der Waals surface area contributed by atoms with Gasteiger partial charge in [-0.05, 0) is 38.0 Å². The fraction of sp³-hybridized carbons (Fsp3) is 1.00. The molecule has 0 amide bonds. The third-order valence-corrected chi connectivity index (χ3v) is 4.47. The first kappa shape index (κ1) is 9.17. The van der Waals surface area contributed by atoms with Gasteiger partial charge >= 0.3 is 0 Å². The minimum atomic E-state index is 0.445. The molecule has 0 aromatic rings. The van der Waals surface area contributed by atoms with E-state index in [1.165, 1.54) is 38.9 Å². The maximum atomic E-state index is 3.74. The van der Waals surface area contributed by atoms with Gasteiger partial charge in [-0.2, -0.15) is 0 Å². The minimum absolute atomic E-state index is 0.445. The normalized spacial score (nSPS) is 49.3. The van der Waals surface area contributed by atoms with Crippen LogP contribution in [0.3, 0.4) is 0 Å². The minimum Gasteiger partial charge on any atom is -0.309 e. The fourth-order valence-electron chi connectivity index (χ4n) is 3.13. The number of hydrogen-bond donors (Lipinski definition) is 1. The van der Waals surface area contributed by atoms with E-state index in [4.69, 9.17) is 0 Å². The van der Waals surface area contributed by atoms with Crippen molar-refractivity contribution in [3.63, 3.8) is 0 Å². The van der Waals surface area contributed by atoms with Gasteiger partial charge in [0.05, 0.1) is 0 Å². The summed E-state index contributed by atoms with van der Waals surface area (Å²) in [6.07, 6.45) is 4.36. The molecule has 2 heteroatoms. The quantitative estimate of drug-likeness (QED) is 0.716. The molecule has 3 aliphatic rings. The first-order valence-electron chi connectivity index (χ1n) is 6.18. The van der Waals surface area contributed by atoms with Crippen molar-refractivity contribution in [2.24, 2.45) is 11.8 Å². The molecule has 0 radical (unpaired) electrons. The van der Waals surface area contributed by atoms with E-state index in [0.717, 1.165) is 17.9 Å². The van der Waals surface area contributed by atoms with E-state index < -0.39 is 0 Å². The smallest absolute Gasteiger partial charge is 0.0309 e. The Morgan fingerprint density at radius 3 is 2.64 bits per heavy atom. The number of piperazine rings is 1. The van der Waals surface area contributed by atoms with Crippen LogP contribution in [0.25, 0.3) is 0 Å². The lowest BCUT2D eigenvalue weighted by Crippen LogP contribution is -2.60. The van der Waals surface area contributed by atoms with E-state index in [9.17, 15) is 0 Å². The summed E-state index contributed by atoms with van der Waals surface area (Å²) in [6, 6.07) is 0.926. The highest BCUT2D eigenvalue weighted by Crippen LogP contribution is 2.43. The monoisotopic (exact) mass is 194 g/mol. The molecule has 2 nitrogen and oxygen atoms in total. The molecule has 1 aliphatic heterocycles. The van der Waals surface area contributed by atoms with Crippen molar-refractivity contribution in [2.45, 2.75) is 44.7 Å². The highest BCUT2D eigenvalue weighted by molar-refractivity contribution is 5.05. The molecular formula is C12H22N2. The summed E-state index contributed by atoms with van der Waals surface area (Å²) in [5, 5.41) is 3.74. The van der Waals surface area contributed by atoms with Crippen LogP contribution in [0.2, 0.25) is 0 Å². The van der Waals surface area contributed by atoms with Gasteiger partial charge < -0.3 is 5.32 Å². The molecule has 0 bridgehead atoms. The average molecular weight is 194 g/mol. The molecule has 0 aromatic heterocycles.